The summed E-state index contributed by atoms with van der Waals surface area (Å²) in [6, 6.07) is 10.3. The summed E-state index contributed by atoms with van der Waals surface area (Å²) in [4.78, 5) is 24.3. The number of ether oxygens (including phenoxy) is 2. The Kier molecular flexibility index (Phi) is 8.51. The molecule has 11 heteroatoms. The molecule has 0 fully saturated rings. The van der Waals surface area contributed by atoms with Crippen LogP contribution in [0.2, 0.25) is 5.02 Å². The number of rotatable bonds is 9. The van der Waals surface area contributed by atoms with Crippen LogP contribution in [0.3, 0.4) is 0 Å². The van der Waals surface area contributed by atoms with Crippen LogP contribution in [0.25, 0.3) is 0 Å². The number of amides is 1. The van der Waals surface area contributed by atoms with Crippen LogP contribution in [0, 0.1) is 5.82 Å². The maximum Gasteiger partial charge on any atom is 0.339 e. The summed E-state index contributed by atoms with van der Waals surface area (Å²) in [7, 11) is 1.26. The highest BCUT2D eigenvalue weighted by molar-refractivity contribution is 7.99. The third-order valence-electron chi connectivity index (χ3n) is 4.69. The summed E-state index contributed by atoms with van der Waals surface area (Å²) in [5, 5.41) is 12.0. The number of nitrogens with zero attached hydrogens (tertiary/aromatic N) is 3. The first kappa shape index (κ1) is 25.5. The van der Waals surface area contributed by atoms with Crippen molar-refractivity contribution in [1.29, 1.82) is 0 Å². The number of anilines is 1. The largest absolute Gasteiger partial charge is 0.483 e. The van der Waals surface area contributed by atoms with E-state index in [0.717, 1.165) is 0 Å². The number of thioether (sulfide) groups is 1. The first-order valence-electron chi connectivity index (χ1n) is 10.4. The molecular weight excluding hydrogens is 483 g/mol. The summed E-state index contributed by atoms with van der Waals surface area (Å²) in [6.07, 6.45) is -0.450. The van der Waals surface area contributed by atoms with Crippen molar-refractivity contribution in [3.8, 4) is 5.75 Å². The van der Waals surface area contributed by atoms with Gasteiger partial charge >= 0.3 is 5.97 Å². The molecule has 1 amide bonds. The van der Waals surface area contributed by atoms with Gasteiger partial charge in [-0.1, -0.05) is 23.4 Å². The highest BCUT2D eigenvalue weighted by Gasteiger charge is 2.22. The van der Waals surface area contributed by atoms with Gasteiger partial charge in [0.05, 0.1) is 23.4 Å². The van der Waals surface area contributed by atoms with Gasteiger partial charge in [-0.05, 0) is 63.2 Å². The maximum atomic E-state index is 13.2. The third kappa shape index (κ3) is 6.27. The van der Waals surface area contributed by atoms with E-state index in [9.17, 15) is 14.0 Å². The minimum atomic E-state index is -0.593. The molecule has 1 aromatic heterocycles. The Balaban J connectivity index is 1.68. The van der Waals surface area contributed by atoms with E-state index >= 15 is 0 Å². The van der Waals surface area contributed by atoms with Gasteiger partial charge < -0.3 is 19.4 Å². The molecule has 1 unspecified atom stereocenters. The second-order valence-electron chi connectivity index (χ2n) is 7.54. The smallest absolute Gasteiger partial charge is 0.339 e. The van der Waals surface area contributed by atoms with Crippen molar-refractivity contribution in [1.82, 2.24) is 14.8 Å². The van der Waals surface area contributed by atoms with Crippen molar-refractivity contribution < 1.29 is 23.5 Å². The Bertz CT molecular complexity index is 1170. The van der Waals surface area contributed by atoms with Crippen molar-refractivity contribution in [2.45, 2.75) is 38.1 Å². The average Bonchev–Trinajstić information content (AvgIpc) is 3.24. The number of hydrogen-bond donors (Lipinski definition) is 1. The Morgan fingerprint density at radius 3 is 2.50 bits per heavy atom. The quantitative estimate of drug-likeness (QED) is 0.310. The molecule has 2 aromatic carbocycles. The van der Waals surface area contributed by atoms with E-state index in [1.165, 1.54) is 43.1 Å². The predicted octanol–water partition coefficient (Wildman–Crippen LogP) is 5.31. The highest BCUT2D eigenvalue weighted by Crippen LogP contribution is 2.28. The van der Waals surface area contributed by atoms with Gasteiger partial charge in [0.1, 0.15) is 11.6 Å². The number of carbonyl (C=O) groups is 2. The molecular formula is C23H24ClFN4O4S. The second-order valence-corrected chi connectivity index (χ2v) is 8.89. The number of esters is 1. The standard InChI is InChI=1S/C23H24ClFN4O4S/c1-13(2)29-21(14(3)33-17-8-5-15(25)6-9-17)27-28-23(29)34-12-20(30)26-16-7-10-19(24)18(11-16)22(31)32-4/h5-11,13-14H,12H2,1-4H3,(H,26,30). The molecule has 180 valence electrons. The summed E-state index contributed by atoms with van der Waals surface area (Å²) < 4.78 is 25.6. The molecule has 1 heterocycles. The summed E-state index contributed by atoms with van der Waals surface area (Å²) in [5.74, 6) is -0.0717. The number of benzene rings is 2. The molecule has 1 N–H and O–H groups in total. The molecule has 0 saturated carbocycles. The van der Waals surface area contributed by atoms with Crippen molar-refractivity contribution >= 4 is 40.9 Å². The minimum absolute atomic E-state index is 0.00806. The molecule has 3 rings (SSSR count). The molecule has 34 heavy (non-hydrogen) atoms. The first-order chi connectivity index (χ1) is 16.2. The van der Waals surface area contributed by atoms with Crippen LogP contribution in [0.5, 0.6) is 5.75 Å². The molecule has 0 bridgehead atoms. The number of aromatic nitrogens is 3. The van der Waals surface area contributed by atoms with E-state index in [0.29, 0.717) is 22.4 Å². The number of methoxy groups -OCH3 is 1. The van der Waals surface area contributed by atoms with Gasteiger partial charge in [-0.25, -0.2) is 9.18 Å². The van der Waals surface area contributed by atoms with Gasteiger partial charge in [-0.3, -0.25) is 4.79 Å². The number of nitrogens with one attached hydrogen (secondary N) is 1. The van der Waals surface area contributed by atoms with Crippen LogP contribution in [-0.4, -0.2) is 39.5 Å². The molecule has 0 spiro atoms. The summed E-state index contributed by atoms with van der Waals surface area (Å²) in [5.41, 5.74) is 0.580. The number of hydrogen-bond acceptors (Lipinski definition) is 7. The van der Waals surface area contributed by atoms with Crippen molar-refractivity contribution in [2.75, 3.05) is 18.2 Å². The molecule has 0 aliphatic heterocycles. The van der Waals surface area contributed by atoms with Gasteiger partial charge in [0, 0.05) is 11.7 Å². The maximum absolute atomic E-state index is 13.2. The van der Waals surface area contributed by atoms with Crippen LogP contribution in [-0.2, 0) is 9.53 Å². The fourth-order valence-corrected chi connectivity index (χ4v) is 4.18. The first-order valence-corrected chi connectivity index (χ1v) is 11.7. The minimum Gasteiger partial charge on any atom is -0.483 e. The molecule has 0 saturated heterocycles. The van der Waals surface area contributed by atoms with E-state index < -0.39 is 12.1 Å². The zero-order valence-electron chi connectivity index (χ0n) is 19.0. The highest BCUT2D eigenvalue weighted by atomic mass is 35.5. The van der Waals surface area contributed by atoms with Crippen LogP contribution >= 0.6 is 23.4 Å². The molecule has 1 atom stereocenters. The normalized spacial score (nSPS) is 11.9. The lowest BCUT2D eigenvalue weighted by molar-refractivity contribution is -0.113. The van der Waals surface area contributed by atoms with E-state index in [-0.39, 0.29) is 34.1 Å². The molecule has 3 aromatic rings. The fourth-order valence-electron chi connectivity index (χ4n) is 3.12. The Morgan fingerprint density at radius 1 is 1.15 bits per heavy atom. The average molecular weight is 507 g/mol. The lowest BCUT2D eigenvalue weighted by atomic mass is 10.2. The Morgan fingerprint density at radius 2 is 1.85 bits per heavy atom. The molecule has 0 aliphatic carbocycles. The van der Waals surface area contributed by atoms with Gasteiger partial charge in [-0.15, -0.1) is 10.2 Å². The molecule has 8 nitrogen and oxygen atoms in total. The lowest BCUT2D eigenvalue weighted by Crippen LogP contribution is -2.17. The topological polar surface area (TPSA) is 95.3 Å². The van der Waals surface area contributed by atoms with Crippen molar-refractivity contribution in [2.24, 2.45) is 0 Å². The SMILES string of the molecule is COC(=O)c1cc(NC(=O)CSc2nnc(C(C)Oc3ccc(F)cc3)n2C(C)C)ccc1Cl. The summed E-state index contributed by atoms with van der Waals surface area (Å²) >= 11 is 7.24. The number of halogens is 2. The van der Waals surface area contributed by atoms with Crippen LogP contribution < -0.4 is 10.1 Å². The predicted molar refractivity (Wildman–Crippen MR) is 128 cm³/mol. The van der Waals surface area contributed by atoms with Gasteiger partial charge in [-0.2, -0.15) is 0 Å². The monoisotopic (exact) mass is 506 g/mol. The van der Waals surface area contributed by atoms with Crippen LogP contribution in [0.1, 0.15) is 49.1 Å². The van der Waals surface area contributed by atoms with Gasteiger partial charge in [0.15, 0.2) is 17.1 Å². The van der Waals surface area contributed by atoms with Crippen LogP contribution in [0.4, 0.5) is 10.1 Å². The van der Waals surface area contributed by atoms with Crippen molar-refractivity contribution in [3.05, 3.63) is 64.7 Å². The van der Waals surface area contributed by atoms with Gasteiger partial charge in [0.2, 0.25) is 5.91 Å². The molecule has 0 radical (unpaired) electrons. The van der Waals surface area contributed by atoms with Crippen LogP contribution in [0.15, 0.2) is 47.6 Å². The summed E-state index contributed by atoms with van der Waals surface area (Å²) in [6.45, 7) is 5.78. The van der Waals surface area contributed by atoms with E-state index in [1.54, 1.807) is 18.2 Å². The Labute approximate surface area is 205 Å². The Hall–Kier alpha value is -3.11. The van der Waals surface area contributed by atoms with E-state index in [4.69, 9.17) is 21.1 Å². The third-order valence-corrected chi connectivity index (χ3v) is 5.96. The van der Waals surface area contributed by atoms with Crippen molar-refractivity contribution in [3.63, 3.8) is 0 Å². The second kappa shape index (κ2) is 11.3. The number of carbonyl (C=O) groups excluding carboxylic acids is 2. The van der Waals surface area contributed by atoms with Gasteiger partial charge in [0.25, 0.3) is 0 Å². The zero-order chi connectivity index (χ0) is 24.8. The lowest BCUT2D eigenvalue weighted by Gasteiger charge is -2.18. The van der Waals surface area contributed by atoms with E-state index in [1.807, 2.05) is 25.3 Å². The zero-order valence-corrected chi connectivity index (χ0v) is 20.6. The fraction of sp³-hybridized carbons (Fsp3) is 0.304. The molecule has 0 aliphatic rings. The van der Waals surface area contributed by atoms with E-state index in [2.05, 4.69) is 15.5 Å².